The van der Waals surface area contributed by atoms with Crippen molar-refractivity contribution in [2.24, 2.45) is 5.73 Å². The van der Waals surface area contributed by atoms with E-state index in [0.29, 0.717) is 25.5 Å². The predicted octanol–water partition coefficient (Wildman–Crippen LogP) is 0.318. The molecule has 118 valence electrons. The minimum atomic E-state index is -0.397. The Hall–Kier alpha value is -2.48. The van der Waals surface area contributed by atoms with Crippen molar-refractivity contribution in [2.75, 3.05) is 18.4 Å². The molecule has 4 N–H and O–H groups in total. The molecular weight excluding hydrogens is 282 g/mol. The molecule has 1 heterocycles. The molecule has 1 aromatic carbocycles. The number of aromatic nitrogens is 4. The first-order valence-electron chi connectivity index (χ1n) is 7.34. The summed E-state index contributed by atoms with van der Waals surface area (Å²) >= 11 is 0. The van der Waals surface area contributed by atoms with Crippen LogP contribution in [0.25, 0.3) is 5.69 Å². The van der Waals surface area contributed by atoms with Gasteiger partial charge < -0.3 is 16.4 Å². The van der Waals surface area contributed by atoms with Gasteiger partial charge in [-0.15, -0.1) is 0 Å². The number of hydrogen-bond acceptors (Lipinski definition) is 6. The summed E-state index contributed by atoms with van der Waals surface area (Å²) in [5.74, 6) is 0.352. The van der Waals surface area contributed by atoms with Crippen LogP contribution in [-0.2, 0) is 4.79 Å². The Labute approximate surface area is 129 Å². The van der Waals surface area contributed by atoms with Gasteiger partial charge in [0, 0.05) is 6.54 Å². The third-order valence-electron chi connectivity index (χ3n) is 3.18. The molecule has 1 aromatic heterocycles. The molecule has 1 amide bonds. The molecule has 2 aromatic rings. The third kappa shape index (κ3) is 4.01. The topological polar surface area (TPSA) is 111 Å². The Morgan fingerprint density at radius 3 is 2.82 bits per heavy atom. The van der Waals surface area contributed by atoms with Crippen LogP contribution in [0.2, 0.25) is 0 Å². The summed E-state index contributed by atoms with van der Waals surface area (Å²) in [4.78, 5) is 12.1. The van der Waals surface area contributed by atoms with E-state index in [1.807, 2.05) is 37.3 Å². The maximum absolute atomic E-state index is 12.1. The Morgan fingerprint density at radius 2 is 2.14 bits per heavy atom. The Balaban J connectivity index is 2.06. The number of carbonyl (C=O) groups excluding carboxylic acids is 1. The number of tetrazole rings is 1. The van der Waals surface area contributed by atoms with Crippen molar-refractivity contribution < 1.29 is 4.79 Å². The van der Waals surface area contributed by atoms with Gasteiger partial charge in [0.2, 0.25) is 11.9 Å². The van der Waals surface area contributed by atoms with Gasteiger partial charge in [0.15, 0.2) is 0 Å². The van der Waals surface area contributed by atoms with Crippen LogP contribution in [0, 0.1) is 0 Å². The van der Waals surface area contributed by atoms with Crippen molar-refractivity contribution in [3.05, 3.63) is 30.3 Å². The first-order chi connectivity index (χ1) is 10.8. The number of carbonyl (C=O) groups is 1. The highest BCUT2D eigenvalue weighted by atomic mass is 16.2. The van der Waals surface area contributed by atoms with E-state index in [-0.39, 0.29) is 5.91 Å². The highest BCUT2D eigenvalue weighted by Gasteiger charge is 2.19. The fraction of sp³-hybridized carbons (Fsp3) is 0.429. The van der Waals surface area contributed by atoms with Crippen molar-refractivity contribution in [2.45, 2.75) is 25.8 Å². The number of benzene rings is 1. The number of hydrogen-bond donors (Lipinski definition) is 3. The first kappa shape index (κ1) is 15.9. The summed E-state index contributed by atoms with van der Waals surface area (Å²) in [7, 11) is 0. The minimum Gasteiger partial charge on any atom is -0.354 e. The van der Waals surface area contributed by atoms with Gasteiger partial charge in [-0.25, -0.2) is 0 Å². The zero-order valence-electron chi connectivity index (χ0n) is 12.6. The highest BCUT2D eigenvalue weighted by Crippen LogP contribution is 2.12. The third-order valence-corrected chi connectivity index (χ3v) is 3.18. The Morgan fingerprint density at radius 1 is 1.36 bits per heavy atom. The van der Waals surface area contributed by atoms with E-state index in [2.05, 4.69) is 26.2 Å². The second-order valence-corrected chi connectivity index (χ2v) is 4.79. The van der Waals surface area contributed by atoms with Gasteiger partial charge in [-0.3, -0.25) is 4.79 Å². The molecule has 0 spiro atoms. The first-order valence-corrected chi connectivity index (χ1v) is 7.34. The summed E-state index contributed by atoms with van der Waals surface area (Å²) in [6, 6.07) is 9.11. The molecule has 0 aliphatic carbocycles. The van der Waals surface area contributed by atoms with Crippen molar-refractivity contribution >= 4 is 11.9 Å². The van der Waals surface area contributed by atoms with Gasteiger partial charge in [0.25, 0.3) is 0 Å². The lowest BCUT2D eigenvalue weighted by Crippen LogP contribution is -2.40. The molecule has 0 saturated carbocycles. The standard InChI is InChI=1S/C14H21N7O/c1-2-12(13(22)16-10-6-9-15)17-14-18-19-20-21(14)11-7-4-3-5-8-11/h3-5,7-8,12H,2,6,9-10,15H2,1H3,(H,16,22)(H,17,18,20). The largest absolute Gasteiger partial charge is 0.354 e. The molecule has 1 unspecified atom stereocenters. The number of nitrogens with one attached hydrogen (secondary N) is 2. The van der Waals surface area contributed by atoms with Crippen LogP contribution in [0.5, 0.6) is 0 Å². The SMILES string of the molecule is CCC(Nc1nnnn1-c1ccccc1)C(=O)NCCCN. The normalized spacial score (nSPS) is 11.9. The number of rotatable bonds is 8. The molecule has 2 rings (SSSR count). The quantitative estimate of drug-likeness (QED) is 0.606. The van der Waals surface area contributed by atoms with E-state index in [1.54, 1.807) is 4.68 Å². The number of anilines is 1. The summed E-state index contributed by atoms with van der Waals surface area (Å²) < 4.78 is 1.57. The van der Waals surface area contributed by atoms with Crippen LogP contribution in [-0.4, -0.2) is 45.2 Å². The predicted molar refractivity (Wildman–Crippen MR) is 83.5 cm³/mol. The lowest BCUT2D eigenvalue weighted by molar-refractivity contribution is -0.121. The Bertz CT molecular complexity index is 584. The van der Waals surface area contributed by atoms with Gasteiger partial charge in [0.1, 0.15) is 6.04 Å². The van der Waals surface area contributed by atoms with Gasteiger partial charge in [-0.1, -0.05) is 30.2 Å². The minimum absolute atomic E-state index is 0.0847. The Kier molecular flexibility index (Phi) is 5.84. The van der Waals surface area contributed by atoms with Crippen LogP contribution < -0.4 is 16.4 Å². The monoisotopic (exact) mass is 303 g/mol. The van der Waals surface area contributed by atoms with Gasteiger partial charge in [-0.05, 0) is 41.9 Å². The molecule has 0 bridgehead atoms. The molecule has 8 nitrogen and oxygen atoms in total. The summed E-state index contributed by atoms with van der Waals surface area (Å²) in [6.45, 7) is 3.05. The maximum atomic E-state index is 12.1. The molecule has 0 fully saturated rings. The average Bonchev–Trinajstić information content (AvgIpc) is 3.01. The fourth-order valence-corrected chi connectivity index (χ4v) is 1.97. The van der Waals surface area contributed by atoms with Crippen molar-refractivity contribution in [1.82, 2.24) is 25.5 Å². The number of para-hydroxylation sites is 1. The van der Waals surface area contributed by atoms with Crippen LogP contribution in [0.1, 0.15) is 19.8 Å². The van der Waals surface area contributed by atoms with Crippen molar-refractivity contribution in [3.8, 4) is 5.69 Å². The summed E-state index contributed by atoms with van der Waals surface area (Å²) in [5.41, 5.74) is 6.25. The zero-order chi connectivity index (χ0) is 15.8. The van der Waals surface area contributed by atoms with Crippen LogP contribution in [0.4, 0.5) is 5.95 Å². The average molecular weight is 303 g/mol. The molecule has 0 aliphatic heterocycles. The molecule has 1 atom stereocenters. The van der Waals surface area contributed by atoms with E-state index in [0.717, 1.165) is 12.1 Å². The number of nitrogens with zero attached hydrogens (tertiary/aromatic N) is 4. The molecule has 0 aliphatic rings. The second-order valence-electron chi connectivity index (χ2n) is 4.79. The fourth-order valence-electron chi connectivity index (χ4n) is 1.97. The lowest BCUT2D eigenvalue weighted by Gasteiger charge is -2.17. The van der Waals surface area contributed by atoms with E-state index in [1.165, 1.54) is 0 Å². The van der Waals surface area contributed by atoms with Crippen LogP contribution in [0.3, 0.4) is 0 Å². The van der Waals surface area contributed by atoms with Crippen LogP contribution in [0.15, 0.2) is 30.3 Å². The number of amides is 1. The van der Waals surface area contributed by atoms with Gasteiger partial charge in [-0.2, -0.15) is 4.68 Å². The van der Waals surface area contributed by atoms with Crippen molar-refractivity contribution in [3.63, 3.8) is 0 Å². The highest BCUT2D eigenvalue weighted by molar-refractivity contribution is 5.84. The second kappa shape index (κ2) is 8.08. The number of nitrogens with two attached hydrogens (primary N) is 1. The van der Waals surface area contributed by atoms with E-state index >= 15 is 0 Å². The van der Waals surface area contributed by atoms with Crippen molar-refractivity contribution in [1.29, 1.82) is 0 Å². The summed E-state index contributed by atoms with van der Waals surface area (Å²) in [6.07, 6.45) is 1.38. The maximum Gasteiger partial charge on any atom is 0.248 e. The molecular formula is C14H21N7O. The van der Waals surface area contributed by atoms with E-state index in [4.69, 9.17) is 5.73 Å². The smallest absolute Gasteiger partial charge is 0.248 e. The van der Waals surface area contributed by atoms with Gasteiger partial charge in [0.05, 0.1) is 5.69 Å². The van der Waals surface area contributed by atoms with Crippen LogP contribution >= 0.6 is 0 Å². The summed E-state index contributed by atoms with van der Waals surface area (Å²) in [5, 5.41) is 17.5. The zero-order valence-corrected chi connectivity index (χ0v) is 12.6. The lowest BCUT2D eigenvalue weighted by atomic mass is 10.2. The molecule has 0 radical (unpaired) electrons. The van der Waals surface area contributed by atoms with Gasteiger partial charge >= 0.3 is 0 Å². The molecule has 0 saturated heterocycles. The molecule has 22 heavy (non-hydrogen) atoms. The van der Waals surface area contributed by atoms with E-state index in [9.17, 15) is 4.79 Å². The molecule has 8 heteroatoms. The van der Waals surface area contributed by atoms with E-state index < -0.39 is 6.04 Å².